The van der Waals surface area contributed by atoms with Crippen molar-refractivity contribution in [3.63, 3.8) is 0 Å². The van der Waals surface area contributed by atoms with Gasteiger partial charge in [0, 0.05) is 54.8 Å². The molecule has 37 heavy (non-hydrogen) atoms. The Bertz CT molecular complexity index is 1110. The normalized spacial score (nSPS) is 30.2. The first-order chi connectivity index (χ1) is 17.8. The summed E-state index contributed by atoms with van der Waals surface area (Å²) in [5, 5.41) is 30.1. The summed E-state index contributed by atoms with van der Waals surface area (Å²) in [5.74, 6) is -2.45. The Labute approximate surface area is 217 Å². The maximum Gasteiger partial charge on any atom is 0.353 e. The molecular formula is C22H31N9O5S. The lowest BCUT2D eigenvalue weighted by Crippen LogP contribution is -2.66. The van der Waals surface area contributed by atoms with Crippen molar-refractivity contribution in [2.45, 2.75) is 50.2 Å². The van der Waals surface area contributed by atoms with E-state index in [1.165, 1.54) is 27.7 Å². The number of aromatic nitrogens is 4. The minimum Gasteiger partial charge on any atom is -0.477 e. The summed E-state index contributed by atoms with van der Waals surface area (Å²) >= 11 is 1.45. The Hall–Kier alpha value is -3.04. The minimum atomic E-state index is -1.14. The molecule has 3 amide bonds. The van der Waals surface area contributed by atoms with Gasteiger partial charge in [0.1, 0.15) is 18.6 Å². The second-order valence-corrected chi connectivity index (χ2v) is 11.2. The molecular weight excluding hydrogens is 502 g/mol. The minimum absolute atomic E-state index is 0.0179. The fourth-order valence-electron chi connectivity index (χ4n) is 5.75. The van der Waals surface area contributed by atoms with E-state index in [1.54, 1.807) is 6.92 Å². The van der Waals surface area contributed by atoms with Crippen molar-refractivity contribution in [2.75, 3.05) is 32.7 Å². The highest BCUT2D eigenvalue weighted by atomic mass is 32.2. The number of hydrogen-bond donors (Lipinski definition) is 4. The molecule has 5 heterocycles. The highest BCUT2D eigenvalue weighted by molar-refractivity contribution is 8.03. The summed E-state index contributed by atoms with van der Waals surface area (Å²) in [5.41, 5.74) is 0.0212. The number of thioether (sulfide) groups is 1. The van der Waals surface area contributed by atoms with Crippen LogP contribution in [0.15, 0.2) is 16.9 Å². The summed E-state index contributed by atoms with van der Waals surface area (Å²) in [6.07, 6.45) is 1.92. The molecule has 0 radical (unpaired) electrons. The molecule has 3 saturated heterocycles. The number of piperazine rings is 1. The van der Waals surface area contributed by atoms with Gasteiger partial charge in [-0.05, 0) is 23.8 Å². The van der Waals surface area contributed by atoms with Crippen LogP contribution in [0.2, 0.25) is 0 Å². The van der Waals surface area contributed by atoms with E-state index in [0.29, 0.717) is 31.0 Å². The van der Waals surface area contributed by atoms with Gasteiger partial charge in [-0.25, -0.2) is 9.48 Å². The number of nitrogens with one attached hydrogen (secondary N) is 3. The van der Waals surface area contributed by atoms with Crippen molar-refractivity contribution in [1.29, 1.82) is 0 Å². The molecule has 200 valence electrons. The molecule has 14 nitrogen and oxygen atoms in total. The molecule has 5 rings (SSSR count). The number of carboxylic acids is 1. The molecule has 1 aromatic rings. The Balaban J connectivity index is 1.23. The van der Waals surface area contributed by atoms with E-state index in [4.69, 9.17) is 0 Å². The summed E-state index contributed by atoms with van der Waals surface area (Å²) in [6, 6.07) is -1.13. The predicted molar refractivity (Wildman–Crippen MR) is 131 cm³/mol. The van der Waals surface area contributed by atoms with Crippen molar-refractivity contribution < 1.29 is 24.3 Å². The van der Waals surface area contributed by atoms with Gasteiger partial charge in [-0.1, -0.05) is 6.92 Å². The van der Waals surface area contributed by atoms with Crippen LogP contribution >= 0.6 is 11.8 Å². The maximum atomic E-state index is 13.1. The Morgan fingerprint density at radius 2 is 2.05 bits per heavy atom. The summed E-state index contributed by atoms with van der Waals surface area (Å²) < 4.78 is 1.28. The van der Waals surface area contributed by atoms with Gasteiger partial charge in [0.25, 0.3) is 0 Å². The number of carbonyl (C=O) groups is 4. The zero-order valence-electron chi connectivity index (χ0n) is 20.7. The fourth-order valence-corrected chi connectivity index (χ4v) is 7.23. The number of tetrazole rings is 1. The van der Waals surface area contributed by atoms with Gasteiger partial charge in [-0.2, -0.15) is 0 Å². The maximum absolute atomic E-state index is 13.1. The van der Waals surface area contributed by atoms with Crippen LogP contribution in [-0.4, -0.2) is 115 Å². The molecule has 0 bridgehead atoms. The number of fused-ring (bicyclic) bond motifs is 1. The van der Waals surface area contributed by atoms with Gasteiger partial charge in [-0.3, -0.25) is 14.4 Å². The van der Waals surface area contributed by atoms with Crippen LogP contribution < -0.4 is 16.0 Å². The van der Waals surface area contributed by atoms with E-state index >= 15 is 0 Å². The van der Waals surface area contributed by atoms with Gasteiger partial charge >= 0.3 is 5.97 Å². The largest absolute Gasteiger partial charge is 0.477 e. The second-order valence-electron chi connectivity index (χ2n) is 9.91. The van der Waals surface area contributed by atoms with E-state index in [2.05, 4.69) is 31.5 Å². The number of β-lactam (4-membered cyclic amide) rings is 1. The van der Waals surface area contributed by atoms with Crippen molar-refractivity contribution in [2.24, 2.45) is 11.8 Å². The summed E-state index contributed by atoms with van der Waals surface area (Å²) in [7, 11) is 0. The number of hydrogen-bond acceptors (Lipinski definition) is 10. The first kappa shape index (κ1) is 25.6. The quantitative estimate of drug-likeness (QED) is 0.268. The van der Waals surface area contributed by atoms with Crippen LogP contribution in [0.5, 0.6) is 0 Å². The van der Waals surface area contributed by atoms with E-state index < -0.39 is 17.9 Å². The average molecular weight is 534 g/mol. The van der Waals surface area contributed by atoms with Gasteiger partial charge < -0.3 is 30.9 Å². The first-order valence-electron chi connectivity index (χ1n) is 12.5. The van der Waals surface area contributed by atoms with E-state index in [0.717, 1.165) is 13.1 Å². The van der Waals surface area contributed by atoms with Gasteiger partial charge in [-0.15, -0.1) is 16.9 Å². The SMILES string of the molecule is C[C@@H](NC(=O)Cn1cnnn1)[C@H]1C(=O)N2C(C(=O)O)=C(S[C@@H]3CN[C@H](C(=O)N4CCNCC4)C3)[C@H](C)[C@H]12. The smallest absolute Gasteiger partial charge is 0.353 e. The predicted octanol–water partition coefficient (Wildman–Crippen LogP) is -2.15. The van der Waals surface area contributed by atoms with Crippen LogP contribution in [0, 0.1) is 11.8 Å². The number of carboxylic acid groups (broad SMARTS) is 1. The standard InChI is InChI=1S/C22H31N9O5S/c1-11-17-16(12(2)26-15(32)9-30-10-25-27-28-30)21(34)31(17)18(22(35)36)19(11)37-13-7-14(24-8-13)20(33)29-5-3-23-4-6-29/h10-14,16-17,23-24H,3-9H2,1-2H3,(H,26,32)(H,35,36)/t11-,12-,13+,14+,16-,17-/m1/s1. The first-order valence-corrected chi connectivity index (χ1v) is 13.3. The van der Waals surface area contributed by atoms with E-state index in [-0.39, 0.29) is 53.2 Å². The Morgan fingerprint density at radius 1 is 1.30 bits per heavy atom. The van der Waals surface area contributed by atoms with Crippen LogP contribution in [0.3, 0.4) is 0 Å². The molecule has 4 N–H and O–H groups in total. The lowest BCUT2D eigenvalue weighted by Gasteiger charge is -2.47. The van der Waals surface area contributed by atoms with Crippen LogP contribution in [-0.2, 0) is 25.7 Å². The fraction of sp³-hybridized carbons (Fsp3) is 0.682. The third-order valence-electron chi connectivity index (χ3n) is 7.53. The number of nitrogens with zero attached hydrogens (tertiary/aromatic N) is 6. The Kier molecular flexibility index (Phi) is 7.18. The third kappa shape index (κ3) is 4.82. The Morgan fingerprint density at radius 3 is 2.73 bits per heavy atom. The van der Waals surface area contributed by atoms with Crippen molar-refractivity contribution in [3.05, 3.63) is 16.9 Å². The molecule has 1 aromatic heterocycles. The number of rotatable bonds is 8. The molecule has 0 saturated carbocycles. The highest BCUT2D eigenvalue weighted by Crippen LogP contribution is 2.51. The molecule has 0 aliphatic carbocycles. The molecule has 0 spiro atoms. The lowest BCUT2D eigenvalue weighted by atomic mass is 9.78. The molecule has 4 aliphatic heterocycles. The van der Waals surface area contributed by atoms with Crippen molar-refractivity contribution >= 4 is 35.5 Å². The van der Waals surface area contributed by atoms with Gasteiger partial charge in [0.05, 0.1) is 18.0 Å². The highest BCUT2D eigenvalue weighted by Gasteiger charge is 2.60. The van der Waals surface area contributed by atoms with E-state index in [1.807, 2.05) is 11.8 Å². The summed E-state index contributed by atoms with van der Waals surface area (Å²) in [4.78, 5) is 54.6. The topological polar surface area (TPSA) is 175 Å². The molecule has 6 atom stereocenters. The zero-order chi connectivity index (χ0) is 26.3. The van der Waals surface area contributed by atoms with Crippen molar-refractivity contribution in [1.82, 2.24) is 46.0 Å². The molecule has 15 heteroatoms. The molecule has 0 aromatic carbocycles. The third-order valence-corrected chi connectivity index (χ3v) is 9.04. The zero-order valence-corrected chi connectivity index (χ0v) is 21.5. The monoisotopic (exact) mass is 533 g/mol. The van der Waals surface area contributed by atoms with E-state index in [9.17, 15) is 24.3 Å². The van der Waals surface area contributed by atoms with Gasteiger partial charge in [0.15, 0.2) is 0 Å². The summed E-state index contributed by atoms with van der Waals surface area (Å²) in [6.45, 7) is 7.12. The molecule has 0 unspecified atom stereocenters. The second kappa shape index (κ2) is 10.4. The van der Waals surface area contributed by atoms with Crippen LogP contribution in [0.4, 0.5) is 0 Å². The number of amides is 3. The number of carbonyl (C=O) groups excluding carboxylic acids is 3. The van der Waals surface area contributed by atoms with Crippen LogP contribution in [0.1, 0.15) is 20.3 Å². The average Bonchev–Trinajstić information content (AvgIpc) is 3.60. The van der Waals surface area contributed by atoms with Gasteiger partial charge in [0.2, 0.25) is 17.7 Å². The number of aliphatic carboxylic acids is 1. The molecule has 4 aliphatic rings. The van der Waals surface area contributed by atoms with Crippen LogP contribution in [0.25, 0.3) is 0 Å². The van der Waals surface area contributed by atoms with Crippen molar-refractivity contribution in [3.8, 4) is 0 Å². The molecule has 3 fully saturated rings. The lowest BCUT2D eigenvalue weighted by molar-refractivity contribution is -0.158.